The number of carbonyl (C=O) groups is 1. The minimum absolute atomic E-state index is 0.0780. The van der Waals surface area contributed by atoms with Gasteiger partial charge in [0.15, 0.2) is 0 Å². The summed E-state index contributed by atoms with van der Waals surface area (Å²) in [5, 5.41) is 6.12. The zero-order valence-electron chi connectivity index (χ0n) is 12.2. The van der Waals surface area contributed by atoms with Gasteiger partial charge in [-0.15, -0.1) is 0 Å². The lowest BCUT2D eigenvalue weighted by molar-refractivity contribution is -0.114. The van der Waals surface area contributed by atoms with Crippen LogP contribution in [0.2, 0.25) is 0 Å². The third kappa shape index (κ3) is 4.68. The first kappa shape index (κ1) is 15.2. The van der Waals surface area contributed by atoms with E-state index in [0.29, 0.717) is 6.54 Å². The van der Waals surface area contributed by atoms with Gasteiger partial charge in [-0.1, -0.05) is 24.3 Å². The maximum Gasteiger partial charge on any atom is 0.221 e. The van der Waals surface area contributed by atoms with Crippen LogP contribution in [0.1, 0.15) is 31.0 Å². The van der Waals surface area contributed by atoms with Crippen molar-refractivity contribution in [3.05, 3.63) is 65.5 Å². The topological polar surface area (TPSA) is 41.1 Å². The van der Waals surface area contributed by atoms with Crippen LogP contribution >= 0.6 is 0 Å². The van der Waals surface area contributed by atoms with Gasteiger partial charge in [0, 0.05) is 25.2 Å². The summed E-state index contributed by atoms with van der Waals surface area (Å²) < 4.78 is 12.9. The van der Waals surface area contributed by atoms with E-state index in [9.17, 15) is 9.18 Å². The smallest absolute Gasteiger partial charge is 0.221 e. The highest BCUT2D eigenvalue weighted by molar-refractivity contribution is 5.88. The normalized spacial score (nSPS) is 12.0. The Bertz CT molecular complexity index is 593. The number of anilines is 1. The quantitative estimate of drug-likeness (QED) is 0.881. The van der Waals surface area contributed by atoms with Crippen LogP contribution in [-0.4, -0.2) is 5.91 Å². The molecule has 0 bridgehead atoms. The van der Waals surface area contributed by atoms with Crippen molar-refractivity contribution in [2.24, 2.45) is 0 Å². The summed E-state index contributed by atoms with van der Waals surface area (Å²) in [5.74, 6) is -0.301. The molecule has 2 rings (SSSR count). The van der Waals surface area contributed by atoms with Crippen LogP contribution in [0.25, 0.3) is 0 Å². The van der Waals surface area contributed by atoms with E-state index in [-0.39, 0.29) is 17.8 Å². The van der Waals surface area contributed by atoms with Crippen molar-refractivity contribution in [2.45, 2.75) is 26.4 Å². The molecule has 4 heteroatoms. The van der Waals surface area contributed by atoms with Crippen molar-refractivity contribution >= 4 is 11.6 Å². The maximum atomic E-state index is 12.9. The first-order valence-corrected chi connectivity index (χ1v) is 6.90. The summed E-state index contributed by atoms with van der Waals surface area (Å²) in [4.78, 5) is 10.9. The molecule has 1 amide bonds. The number of carbonyl (C=O) groups excluding carboxylic acids is 1. The molecule has 3 nitrogen and oxygen atoms in total. The van der Waals surface area contributed by atoms with E-state index in [1.54, 1.807) is 12.1 Å². The molecule has 2 aromatic carbocycles. The van der Waals surface area contributed by atoms with Gasteiger partial charge in [0.2, 0.25) is 5.91 Å². The molecule has 0 saturated carbocycles. The lowest BCUT2D eigenvalue weighted by Crippen LogP contribution is -2.18. The lowest BCUT2D eigenvalue weighted by Gasteiger charge is -2.14. The number of benzene rings is 2. The molecule has 0 aromatic heterocycles. The van der Waals surface area contributed by atoms with Gasteiger partial charge in [0.05, 0.1) is 0 Å². The molecule has 0 aliphatic rings. The molecule has 0 aliphatic heterocycles. The molecule has 2 aromatic rings. The third-order valence-electron chi connectivity index (χ3n) is 3.26. The molecule has 0 radical (unpaired) electrons. The minimum atomic E-state index is -0.223. The Morgan fingerprint density at radius 1 is 1.10 bits per heavy atom. The number of rotatable bonds is 5. The van der Waals surface area contributed by atoms with Crippen molar-refractivity contribution in [3.8, 4) is 0 Å². The Morgan fingerprint density at radius 2 is 1.71 bits per heavy atom. The first-order chi connectivity index (χ1) is 10.0. The van der Waals surface area contributed by atoms with Crippen LogP contribution in [-0.2, 0) is 11.3 Å². The van der Waals surface area contributed by atoms with Crippen LogP contribution in [0.3, 0.4) is 0 Å². The predicted octanol–water partition coefficient (Wildman–Crippen LogP) is 3.63. The second-order valence-electron chi connectivity index (χ2n) is 5.03. The van der Waals surface area contributed by atoms with Gasteiger partial charge in [-0.2, -0.15) is 0 Å². The highest BCUT2D eigenvalue weighted by atomic mass is 19.1. The molecule has 110 valence electrons. The van der Waals surface area contributed by atoms with Gasteiger partial charge >= 0.3 is 0 Å². The molecule has 0 saturated heterocycles. The van der Waals surface area contributed by atoms with E-state index in [1.807, 2.05) is 31.2 Å². The van der Waals surface area contributed by atoms with Gasteiger partial charge in [0.25, 0.3) is 0 Å². The van der Waals surface area contributed by atoms with Gasteiger partial charge < -0.3 is 10.6 Å². The Balaban J connectivity index is 1.90. The van der Waals surface area contributed by atoms with Crippen molar-refractivity contribution in [3.63, 3.8) is 0 Å². The number of hydrogen-bond acceptors (Lipinski definition) is 2. The summed E-state index contributed by atoms with van der Waals surface area (Å²) in [6.07, 6.45) is 0. The lowest BCUT2D eigenvalue weighted by atomic mass is 10.1. The zero-order valence-corrected chi connectivity index (χ0v) is 12.2. The average Bonchev–Trinajstić information content (AvgIpc) is 2.46. The van der Waals surface area contributed by atoms with Crippen molar-refractivity contribution in [1.82, 2.24) is 5.32 Å². The molecule has 0 fully saturated rings. The van der Waals surface area contributed by atoms with E-state index in [4.69, 9.17) is 0 Å². The van der Waals surface area contributed by atoms with Crippen LogP contribution in [0.15, 0.2) is 48.5 Å². The predicted molar refractivity (Wildman–Crippen MR) is 82.4 cm³/mol. The fourth-order valence-corrected chi connectivity index (χ4v) is 2.05. The summed E-state index contributed by atoms with van der Waals surface area (Å²) in [6, 6.07) is 14.3. The van der Waals surface area contributed by atoms with Crippen molar-refractivity contribution < 1.29 is 9.18 Å². The van der Waals surface area contributed by atoms with E-state index >= 15 is 0 Å². The number of amides is 1. The van der Waals surface area contributed by atoms with Gasteiger partial charge in [-0.25, -0.2) is 4.39 Å². The Kier molecular flexibility index (Phi) is 5.06. The summed E-state index contributed by atoms with van der Waals surface area (Å²) in [6.45, 7) is 4.23. The van der Waals surface area contributed by atoms with Crippen LogP contribution < -0.4 is 10.6 Å². The molecule has 1 atom stereocenters. The highest BCUT2D eigenvalue weighted by Gasteiger charge is 2.05. The minimum Gasteiger partial charge on any atom is -0.326 e. The number of nitrogens with one attached hydrogen (secondary N) is 2. The SMILES string of the molecule is CC(=O)Nc1ccc(CN[C@H](C)c2ccc(F)cc2)cc1. The second kappa shape index (κ2) is 6.99. The largest absolute Gasteiger partial charge is 0.326 e. The van der Waals surface area contributed by atoms with E-state index in [2.05, 4.69) is 10.6 Å². The van der Waals surface area contributed by atoms with Gasteiger partial charge in [-0.05, 0) is 42.3 Å². The Morgan fingerprint density at radius 3 is 2.29 bits per heavy atom. The van der Waals surface area contributed by atoms with E-state index in [0.717, 1.165) is 16.8 Å². The maximum absolute atomic E-state index is 12.9. The molecule has 21 heavy (non-hydrogen) atoms. The fourth-order valence-electron chi connectivity index (χ4n) is 2.05. The Labute approximate surface area is 124 Å². The molecule has 2 N–H and O–H groups in total. The molecular formula is C17H19FN2O. The standard InChI is InChI=1S/C17H19FN2O/c1-12(15-5-7-16(18)8-6-15)19-11-14-3-9-17(10-4-14)20-13(2)21/h3-10,12,19H,11H2,1-2H3,(H,20,21)/t12-/m1/s1. The second-order valence-corrected chi connectivity index (χ2v) is 5.03. The van der Waals surface area contributed by atoms with Crippen molar-refractivity contribution in [2.75, 3.05) is 5.32 Å². The number of hydrogen-bond donors (Lipinski definition) is 2. The van der Waals surface area contributed by atoms with Gasteiger partial charge in [-0.3, -0.25) is 4.79 Å². The van der Waals surface area contributed by atoms with Crippen molar-refractivity contribution in [1.29, 1.82) is 0 Å². The summed E-state index contributed by atoms with van der Waals surface area (Å²) >= 11 is 0. The summed E-state index contributed by atoms with van der Waals surface area (Å²) in [5.41, 5.74) is 2.96. The average molecular weight is 286 g/mol. The summed E-state index contributed by atoms with van der Waals surface area (Å²) in [7, 11) is 0. The fraction of sp³-hybridized carbons (Fsp3) is 0.235. The van der Waals surface area contributed by atoms with Gasteiger partial charge in [0.1, 0.15) is 5.82 Å². The van der Waals surface area contributed by atoms with Crippen LogP contribution in [0.4, 0.5) is 10.1 Å². The molecule has 0 spiro atoms. The Hall–Kier alpha value is -2.20. The zero-order chi connectivity index (χ0) is 15.2. The van der Waals surface area contributed by atoms with Crippen LogP contribution in [0.5, 0.6) is 0 Å². The monoisotopic (exact) mass is 286 g/mol. The molecule has 0 unspecified atom stereocenters. The van der Waals surface area contributed by atoms with Crippen LogP contribution in [0, 0.1) is 5.82 Å². The third-order valence-corrected chi connectivity index (χ3v) is 3.26. The molecule has 0 heterocycles. The first-order valence-electron chi connectivity index (χ1n) is 6.90. The van der Waals surface area contributed by atoms with E-state index in [1.165, 1.54) is 19.1 Å². The van der Waals surface area contributed by atoms with E-state index < -0.39 is 0 Å². The molecular weight excluding hydrogens is 267 g/mol. The highest BCUT2D eigenvalue weighted by Crippen LogP contribution is 2.15. The molecule has 0 aliphatic carbocycles. The number of halogens is 1.